The smallest absolute Gasteiger partial charge is 0.277 e. The van der Waals surface area contributed by atoms with Crippen LogP contribution in [0.5, 0.6) is 0 Å². The molecular formula is C12H6BrClFN5O. The Kier molecular flexibility index (Phi) is 3.56. The Hall–Kier alpha value is -2.06. The lowest BCUT2D eigenvalue weighted by atomic mass is 10.3. The summed E-state index contributed by atoms with van der Waals surface area (Å²) in [5.41, 5.74) is 0.887. The summed E-state index contributed by atoms with van der Waals surface area (Å²) in [6.07, 6.45) is 1.25. The first kappa shape index (κ1) is 13.9. The Labute approximate surface area is 131 Å². The van der Waals surface area contributed by atoms with Crippen molar-refractivity contribution in [1.29, 1.82) is 0 Å². The van der Waals surface area contributed by atoms with Crippen LogP contribution in [0.25, 0.3) is 5.65 Å². The van der Waals surface area contributed by atoms with Crippen molar-refractivity contribution in [2.75, 3.05) is 5.32 Å². The molecule has 3 aromatic rings. The standard InChI is InChI=1S/C12H6BrClFN5O/c13-11-10(20-9(18-11)2-1-7(14)19-20)12(21)17-6-3-4-16-8(15)5-6/h1-5H,(H,16,17,21). The van der Waals surface area contributed by atoms with E-state index in [1.54, 1.807) is 12.1 Å². The van der Waals surface area contributed by atoms with Crippen LogP contribution < -0.4 is 5.32 Å². The summed E-state index contributed by atoms with van der Waals surface area (Å²) in [5.74, 6) is -1.19. The number of fused-ring (bicyclic) bond motifs is 1. The van der Waals surface area contributed by atoms with Crippen molar-refractivity contribution in [3.63, 3.8) is 0 Å². The van der Waals surface area contributed by atoms with Gasteiger partial charge < -0.3 is 5.32 Å². The fourth-order valence-electron chi connectivity index (χ4n) is 1.74. The van der Waals surface area contributed by atoms with Gasteiger partial charge in [-0.15, -0.1) is 0 Å². The number of hydrogen-bond donors (Lipinski definition) is 1. The van der Waals surface area contributed by atoms with Crippen LogP contribution in [0.3, 0.4) is 0 Å². The van der Waals surface area contributed by atoms with Gasteiger partial charge in [0.15, 0.2) is 11.3 Å². The summed E-state index contributed by atoms with van der Waals surface area (Å²) in [5, 5.41) is 6.78. The zero-order chi connectivity index (χ0) is 15.0. The lowest BCUT2D eigenvalue weighted by molar-refractivity contribution is 0.101. The zero-order valence-corrected chi connectivity index (χ0v) is 12.6. The molecule has 0 bridgehead atoms. The molecule has 0 aliphatic rings. The zero-order valence-electron chi connectivity index (χ0n) is 10.2. The molecule has 0 spiro atoms. The normalized spacial score (nSPS) is 10.8. The van der Waals surface area contributed by atoms with Crippen molar-refractivity contribution in [2.45, 2.75) is 0 Å². The molecule has 0 unspecified atom stereocenters. The minimum Gasteiger partial charge on any atom is -0.320 e. The molecule has 9 heteroatoms. The molecule has 1 N–H and O–H groups in total. The van der Waals surface area contributed by atoms with E-state index in [1.807, 2.05) is 0 Å². The fourth-order valence-corrected chi connectivity index (χ4v) is 2.41. The second-order valence-electron chi connectivity index (χ2n) is 4.00. The number of anilines is 1. The van der Waals surface area contributed by atoms with Crippen LogP contribution in [0.2, 0.25) is 5.15 Å². The summed E-state index contributed by atoms with van der Waals surface area (Å²) >= 11 is 9.02. The van der Waals surface area contributed by atoms with Gasteiger partial charge in [0.25, 0.3) is 5.91 Å². The van der Waals surface area contributed by atoms with Crippen LogP contribution in [-0.4, -0.2) is 25.5 Å². The van der Waals surface area contributed by atoms with Gasteiger partial charge in [-0.1, -0.05) is 11.6 Å². The number of rotatable bonds is 2. The molecule has 0 atom stereocenters. The highest BCUT2D eigenvalue weighted by molar-refractivity contribution is 9.10. The van der Waals surface area contributed by atoms with Gasteiger partial charge in [-0.05, 0) is 34.1 Å². The number of halogens is 3. The Morgan fingerprint density at radius 2 is 2.19 bits per heavy atom. The van der Waals surface area contributed by atoms with E-state index in [0.717, 1.165) is 6.07 Å². The molecular weight excluding hydrogens is 365 g/mol. The Morgan fingerprint density at radius 1 is 1.38 bits per heavy atom. The number of imidazole rings is 1. The molecule has 0 saturated carbocycles. The second kappa shape index (κ2) is 5.38. The van der Waals surface area contributed by atoms with Crippen LogP contribution in [0.15, 0.2) is 35.1 Å². The minimum absolute atomic E-state index is 0.157. The lowest BCUT2D eigenvalue weighted by Gasteiger charge is -2.05. The van der Waals surface area contributed by atoms with Gasteiger partial charge >= 0.3 is 0 Å². The highest BCUT2D eigenvalue weighted by atomic mass is 79.9. The molecule has 3 aromatic heterocycles. The van der Waals surface area contributed by atoms with Crippen LogP contribution in [0.4, 0.5) is 10.1 Å². The van der Waals surface area contributed by atoms with E-state index < -0.39 is 11.9 Å². The number of nitrogens with zero attached hydrogens (tertiary/aromatic N) is 4. The third-order valence-corrected chi connectivity index (χ3v) is 3.36. The predicted octanol–water partition coefficient (Wildman–Crippen LogP) is 2.93. The number of nitrogens with one attached hydrogen (secondary N) is 1. The van der Waals surface area contributed by atoms with Gasteiger partial charge in [0.2, 0.25) is 5.95 Å². The number of aromatic nitrogens is 4. The van der Waals surface area contributed by atoms with Gasteiger partial charge in [-0.3, -0.25) is 4.79 Å². The maximum Gasteiger partial charge on any atom is 0.277 e. The molecule has 106 valence electrons. The maximum atomic E-state index is 13.0. The highest BCUT2D eigenvalue weighted by Gasteiger charge is 2.19. The van der Waals surface area contributed by atoms with Crippen LogP contribution in [-0.2, 0) is 0 Å². The summed E-state index contributed by atoms with van der Waals surface area (Å²) in [4.78, 5) is 19.9. The van der Waals surface area contributed by atoms with Gasteiger partial charge in [0, 0.05) is 18.0 Å². The van der Waals surface area contributed by atoms with E-state index in [2.05, 4.69) is 36.3 Å². The summed E-state index contributed by atoms with van der Waals surface area (Å²) in [6.45, 7) is 0. The van der Waals surface area contributed by atoms with Crippen LogP contribution >= 0.6 is 27.5 Å². The second-order valence-corrected chi connectivity index (χ2v) is 5.14. The Bertz CT molecular complexity index is 853. The summed E-state index contributed by atoms with van der Waals surface area (Å²) in [7, 11) is 0. The Morgan fingerprint density at radius 3 is 2.95 bits per heavy atom. The number of carbonyl (C=O) groups excluding carboxylic acids is 1. The molecule has 0 aliphatic carbocycles. The van der Waals surface area contributed by atoms with Gasteiger partial charge in [-0.2, -0.15) is 9.49 Å². The van der Waals surface area contributed by atoms with E-state index in [-0.39, 0.29) is 16.5 Å². The maximum absolute atomic E-state index is 13.0. The molecule has 1 amide bonds. The van der Waals surface area contributed by atoms with Gasteiger partial charge in [0.1, 0.15) is 9.76 Å². The van der Waals surface area contributed by atoms with Crippen LogP contribution in [0.1, 0.15) is 10.5 Å². The monoisotopic (exact) mass is 369 g/mol. The van der Waals surface area contributed by atoms with E-state index in [1.165, 1.54) is 16.8 Å². The van der Waals surface area contributed by atoms with E-state index in [0.29, 0.717) is 10.3 Å². The molecule has 0 radical (unpaired) electrons. The molecule has 0 aromatic carbocycles. The molecule has 0 saturated heterocycles. The number of pyridine rings is 1. The largest absolute Gasteiger partial charge is 0.320 e. The third-order valence-electron chi connectivity index (χ3n) is 2.60. The molecule has 0 aliphatic heterocycles. The fraction of sp³-hybridized carbons (Fsp3) is 0. The van der Waals surface area contributed by atoms with Crippen molar-refractivity contribution in [1.82, 2.24) is 19.6 Å². The van der Waals surface area contributed by atoms with Crippen molar-refractivity contribution >= 4 is 44.8 Å². The highest BCUT2D eigenvalue weighted by Crippen LogP contribution is 2.20. The quantitative estimate of drug-likeness (QED) is 0.704. The number of carbonyl (C=O) groups is 1. The Balaban J connectivity index is 2.01. The molecule has 6 nitrogen and oxygen atoms in total. The summed E-state index contributed by atoms with van der Waals surface area (Å²) in [6, 6.07) is 5.77. The van der Waals surface area contributed by atoms with Crippen LogP contribution in [0, 0.1) is 5.95 Å². The molecule has 0 fully saturated rings. The van der Waals surface area contributed by atoms with E-state index in [4.69, 9.17) is 11.6 Å². The van der Waals surface area contributed by atoms with E-state index >= 15 is 0 Å². The van der Waals surface area contributed by atoms with Crippen molar-refractivity contribution in [3.05, 3.63) is 51.9 Å². The lowest BCUT2D eigenvalue weighted by Crippen LogP contribution is -2.16. The first-order chi connectivity index (χ1) is 10.0. The number of amides is 1. The third kappa shape index (κ3) is 2.72. The van der Waals surface area contributed by atoms with Crippen molar-refractivity contribution < 1.29 is 9.18 Å². The van der Waals surface area contributed by atoms with Gasteiger partial charge in [0.05, 0.1) is 0 Å². The van der Waals surface area contributed by atoms with E-state index in [9.17, 15) is 9.18 Å². The summed E-state index contributed by atoms with van der Waals surface area (Å²) < 4.78 is 14.6. The predicted molar refractivity (Wildman–Crippen MR) is 77.8 cm³/mol. The minimum atomic E-state index is -0.689. The molecule has 3 rings (SSSR count). The topological polar surface area (TPSA) is 72.2 Å². The average molecular weight is 371 g/mol. The molecule has 3 heterocycles. The molecule has 21 heavy (non-hydrogen) atoms. The van der Waals surface area contributed by atoms with Crippen molar-refractivity contribution in [2.24, 2.45) is 0 Å². The first-order valence-corrected chi connectivity index (χ1v) is 6.85. The first-order valence-electron chi connectivity index (χ1n) is 5.68. The average Bonchev–Trinajstić information content (AvgIpc) is 2.74. The SMILES string of the molecule is O=C(Nc1ccnc(F)c1)c1c(Br)nc2ccc(Cl)nn12. The number of hydrogen-bond acceptors (Lipinski definition) is 4. The van der Waals surface area contributed by atoms with Gasteiger partial charge in [-0.25, -0.2) is 14.5 Å². The van der Waals surface area contributed by atoms with Crippen molar-refractivity contribution in [3.8, 4) is 0 Å².